The Morgan fingerprint density at radius 1 is 1.05 bits per heavy atom. The van der Waals surface area contributed by atoms with E-state index in [2.05, 4.69) is 17.0 Å². The van der Waals surface area contributed by atoms with E-state index >= 15 is 0 Å². The molecule has 0 N–H and O–H groups in total. The number of rotatable bonds is 10. The second-order valence-corrected chi connectivity index (χ2v) is 10.5. The molecule has 0 bridgehead atoms. The third kappa shape index (κ3) is 6.03. The van der Waals surface area contributed by atoms with Crippen molar-refractivity contribution >= 4 is 16.9 Å². The van der Waals surface area contributed by atoms with Crippen LogP contribution < -0.4 is 5.56 Å². The molecule has 8 heteroatoms. The fraction of sp³-hybridized carbons (Fsp3) is 0.406. The Labute approximate surface area is 235 Å². The third-order valence-corrected chi connectivity index (χ3v) is 7.76. The van der Waals surface area contributed by atoms with Gasteiger partial charge < -0.3 is 18.7 Å². The Bertz CT molecular complexity index is 1490. The van der Waals surface area contributed by atoms with E-state index in [1.807, 2.05) is 72.5 Å². The molecule has 210 valence electrons. The third-order valence-electron chi connectivity index (χ3n) is 7.76. The summed E-state index contributed by atoms with van der Waals surface area (Å²) in [4.78, 5) is 32.3. The molecule has 1 aliphatic rings. The van der Waals surface area contributed by atoms with Gasteiger partial charge in [-0.1, -0.05) is 60.1 Å². The van der Waals surface area contributed by atoms with E-state index in [0.717, 1.165) is 56.1 Å². The van der Waals surface area contributed by atoms with E-state index in [1.54, 1.807) is 11.5 Å². The zero-order valence-electron chi connectivity index (χ0n) is 23.6. The van der Waals surface area contributed by atoms with Gasteiger partial charge in [0.1, 0.15) is 5.39 Å². The van der Waals surface area contributed by atoms with Crippen LogP contribution in [0, 0.1) is 13.8 Å². The van der Waals surface area contributed by atoms with E-state index in [-0.39, 0.29) is 17.5 Å². The number of ether oxygens (including phenoxy) is 1. The molecule has 3 heterocycles. The highest BCUT2D eigenvalue weighted by Crippen LogP contribution is 2.29. The Kier molecular flexibility index (Phi) is 8.77. The molecule has 0 saturated carbocycles. The summed E-state index contributed by atoms with van der Waals surface area (Å²) in [5.41, 5.74) is 4.39. The van der Waals surface area contributed by atoms with Crippen molar-refractivity contribution in [1.29, 1.82) is 0 Å². The lowest BCUT2D eigenvalue weighted by Crippen LogP contribution is -2.41. The molecular formula is C32H38N4O4. The first-order valence-electron chi connectivity index (χ1n) is 14.2. The fourth-order valence-electron chi connectivity index (χ4n) is 5.56. The van der Waals surface area contributed by atoms with Gasteiger partial charge in [-0.05, 0) is 44.4 Å². The number of hydrogen-bond acceptors (Lipinski definition) is 6. The number of benzene rings is 2. The molecule has 1 saturated heterocycles. The minimum Gasteiger partial charge on any atom is -0.379 e. The van der Waals surface area contributed by atoms with Crippen molar-refractivity contribution in [2.45, 2.75) is 46.2 Å². The molecule has 0 spiro atoms. The number of carbonyl (C=O) groups excluding carboxylic acids is 1. The first-order valence-corrected chi connectivity index (χ1v) is 14.2. The van der Waals surface area contributed by atoms with Crippen LogP contribution in [0.1, 0.15) is 58.7 Å². The molecule has 40 heavy (non-hydrogen) atoms. The van der Waals surface area contributed by atoms with Crippen LogP contribution in [0.4, 0.5) is 0 Å². The lowest BCUT2D eigenvalue weighted by atomic mass is 10.0. The highest BCUT2D eigenvalue weighted by Gasteiger charge is 2.29. The lowest BCUT2D eigenvalue weighted by molar-refractivity contribution is 0.0344. The summed E-state index contributed by atoms with van der Waals surface area (Å²) in [6, 6.07) is 19.2. The average molecular weight is 543 g/mol. The van der Waals surface area contributed by atoms with Crippen molar-refractivity contribution in [3.05, 3.63) is 99.1 Å². The van der Waals surface area contributed by atoms with Crippen LogP contribution in [0.3, 0.4) is 0 Å². The van der Waals surface area contributed by atoms with Gasteiger partial charge in [0.2, 0.25) is 0 Å². The number of pyridine rings is 1. The summed E-state index contributed by atoms with van der Waals surface area (Å²) < 4.78 is 12.9. The largest absolute Gasteiger partial charge is 0.379 e. The predicted molar refractivity (Wildman–Crippen MR) is 156 cm³/mol. The number of hydrogen-bond donors (Lipinski definition) is 0. The molecule has 0 aliphatic carbocycles. The van der Waals surface area contributed by atoms with Crippen molar-refractivity contribution in [1.82, 2.24) is 19.5 Å². The number of fused-ring (bicyclic) bond motifs is 1. The fourth-order valence-corrected chi connectivity index (χ4v) is 5.56. The Balaban J connectivity index is 1.56. The molecule has 1 fully saturated rings. The minimum atomic E-state index is -0.329. The van der Waals surface area contributed by atoms with Crippen LogP contribution in [-0.2, 0) is 11.3 Å². The standard InChI is InChI=1S/C32H38N4O4/c1-4-27(28-21-29-30(24(3)33-40-29)32(38)36(28)22-25-9-6-5-7-10-25)35(16-8-15-34-17-19-39-20-18-34)31(37)26-13-11-23(2)12-14-26/h5-7,9-14,21,27H,4,8,15-20,22H2,1-3H3. The Morgan fingerprint density at radius 2 is 1.77 bits per heavy atom. The Morgan fingerprint density at radius 3 is 2.48 bits per heavy atom. The van der Waals surface area contributed by atoms with Crippen molar-refractivity contribution in [3.8, 4) is 0 Å². The van der Waals surface area contributed by atoms with Crippen LogP contribution in [0.5, 0.6) is 0 Å². The van der Waals surface area contributed by atoms with Gasteiger partial charge >= 0.3 is 0 Å². The molecule has 1 unspecified atom stereocenters. The molecule has 2 aromatic heterocycles. The smallest absolute Gasteiger partial charge is 0.264 e. The van der Waals surface area contributed by atoms with E-state index in [4.69, 9.17) is 9.26 Å². The maximum Gasteiger partial charge on any atom is 0.264 e. The topological polar surface area (TPSA) is 80.8 Å². The van der Waals surface area contributed by atoms with E-state index in [1.165, 1.54) is 0 Å². The lowest BCUT2D eigenvalue weighted by Gasteiger charge is -2.34. The van der Waals surface area contributed by atoms with E-state index in [0.29, 0.717) is 41.7 Å². The van der Waals surface area contributed by atoms with Gasteiger partial charge in [-0.25, -0.2) is 0 Å². The van der Waals surface area contributed by atoms with Crippen LogP contribution in [0.15, 0.2) is 70.0 Å². The van der Waals surface area contributed by atoms with Crippen LogP contribution in [-0.4, -0.2) is 64.8 Å². The number of carbonyl (C=O) groups is 1. The second-order valence-electron chi connectivity index (χ2n) is 10.5. The molecule has 0 radical (unpaired) electrons. The van der Waals surface area contributed by atoms with Gasteiger partial charge in [-0.2, -0.15) is 0 Å². The first kappa shape index (κ1) is 27.8. The van der Waals surface area contributed by atoms with Crippen LogP contribution in [0.25, 0.3) is 11.0 Å². The van der Waals surface area contributed by atoms with Crippen molar-refractivity contribution < 1.29 is 14.1 Å². The monoisotopic (exact) mass is 542 g/mol. The summed E-state index contributed by atoms with van der Waals surface area (Å²) >= 11 is 0. The SMILES string of the molecule is CCC(c1cc2onc(C)c2c(=O)n1Cc1ccccc1)N(CCCN1CCOCC1)C(=O)c1ccc(C)cc1. The molecule has 1 atom stereocenters. The molecule has 8 nitrogen and oxygen atoms in total. The number of aromatic nitrogens is 2. The zero-order chi connectivity index (χ0) is 28.1. The summed E-state index contributed by atoms with van der Waals surface area (Å²) in [6.45, 7) is 11.0. The summed E-state index contributed by atoms with van der Waals surface area (Å²) in [6.07, 6.45) is 1.46. The van der Waals surface area contributed by atoms with Gasteiger partial charge in [0.05, 0.1) is 31.5 Å². The van der Waals surface area contributed by atoms with E-state index in [9.17, 15) is 9.59 Å². The molecule has 4 aromatic rings. The zero-order valence-corrected chi connectivity index (χ0v) is 23.6. The van der Waals surface area contributed by atoms with Crippen molar-refractivity contribution in [2.75, 3.05) is 39.4 Å². The molecular weight excluding hydrogens is 504 g/mol. The van der Waals surface area contributed by atoms with Crippen molar-refractivity contribution in [3.63, 3.8) is 0 Å². The number of morpholine rings is 1. The van der Waals surface area contributed by atoms with Gasteiger partial charge in [-0.3, -0.25) is 14.5 Å². The van der Waals surface area contributed by atoms with Crippen LogP contribution >= 0.6 is 0 Å². The maximum absolute atomic E-state index is 14.1. The van der Waals surface area contributed by atoms with Gasteiger partial charge in [0, 0.05) is 43.5 Å². The highest BCUT2D eigenvalue weighted by molar-refractivity contribution is 5.94. The molecule has 1 aliphatic heterocycles. The molecule has 5 rings (SSSR count). The quantitative estimate of drug-likeness (QED) is 0.282. The van der Waals surface area contributed by atoms with Gasteiger partial charge in [-0.15, -0.1) is 0 Å². The summed E-state index contributed by atoms with van der Waals surface area (Å²) in [5, 5.41) is 4.57. The Hall–Kier alpha value is -3.75. The molecule has 1 amide bonds. The summed E-state index contributed by atoms with van der Waals surface area (Å²) in [7, 11) is 0. The molecule has 2 aromatic carbocycles. The van der Waals surface area contributed by atoms with Gasteiger partial charge in [0.25, 0.3) is 11.5 Å². The number of amides is 1. The minimum absolute atomic E-state index is 0.0404. The predicted octanol–water partition coefficient (Wildman–Crippen LogP) is 4.97. The number of aryl methyl sites for hydroxylation is 2. The van der Waals surface area contributed by atoms with Crippen molar-refractivity contribution in [2.24, 2.45) is 0 Å². The first-order chi connectivity index (χ1) is 19.5. The van der Waals surface area contributed by atoms with Crippen LogP contribution in [0.2, 0.25) is 0 Å². The normalized spacial score (nSPS) is 14.9. The summed E-state index contributed by atoms with van der Waals surface area (Å²) in [5.74, 6) is -0.0404. The number of nitrogens with zero attached hydrogens (tertiary/aromatic N) is 4. The average Bonchev–Trinajstić information content (AvgIpc) is 3.36. The van der Waals surface area contributed by atoms with E-state index < -0.39 is 0 Å². The maximum atomic E-state index is 14.1. The second kappa shape index (κ2) is 12.6. The highest BCUT2D eigenvalue weighted by atomic mass is 16.5. The van der Waals surface area contributed by atoms with Gasteiger partial charge in [0.15, 0.2) is 5.58 Å².